The van der Waals surface area contributed by atoms with Gasteiger partial charge in [-0.25, -0.2) is 0 Å². The maximum atomic E-state index is 13.1. The Morgan fingerprint density at radius 2 is 1.87 bits per heavy atom. The van der Waals surface area contributed by atoms with Gasteiger partial charge < -0.3 is 29.8 Å². The molecule has 0 unspecified atom stereocenters. The Labute approximate surface area is 230 Å². The first-order chi connectivity index (χ1) is 18.2. The summed E-state index contributed by atoms with van der Waals surface area (Å²) in [6.07, 6.45) is 4.61. The van der Waals surface area contributed by atoms with Crippen molar-refractivity contribution in [2.24, 2.45) is 35.3 Å². The van der Waals surface area contributed by atoms with E-state index in [1.54, 1.807) is 14.2 Å². The highest BCUT2D eigenvalue weighted by molar-refractivity contribution is 5.81. The molecule has 0 bridgehead atoms. The Balaban J connectivity index is 2.00. The highest BCUT2D eigenvalue weighted by Gasteiger charge is 2.31. The van der Waals surface area contributed by atoms with Gasteiger partial charge in [-0.2, -0.15) is 0 Å². The number of nitrogens with two attached hydrogens (primary N) is 1. The molecule has 0 radical (unpaired) electrons. The zero-order valence-electron chi connectivity index (χ0n) is 24.6. The standard InChI is InChI=1S/C31H53NO6/c1-21(2)25(15-23-10-11-30(36-6)31(17-23)38-14-8-12-35-5)18-27(32)29(34)19-26(22(3)4)28(33)16-24-9-7-13-37-20-24/h10-11,17,21-22,24-27,29,34H,7-9,12-16,18-20,32H2,1-6H3/t24-,25-,26-,27-,29-/m0/s1. The van der Waals surface area contributed by atoms with Gasteiger partial charge in [0.2, 0.25) is 0 Å². The summed E-state index contributed by atoms with van der Waals surface area (Å²) in [6.45, 7) is 11.2. The molecule has 7 heteroatoms. The van der Waals surface area contributed by atoms with Crippen molar-refractivity contribution in [2.75, 3.05) is 40.6 Å². The zero-order valence-corrected chi connectivity index (χ0v) is 24.6. The van der Waals surface area contributed by atoms with E-state index in [1.165, 1.54) is 0 Å². The summed E-state index contributed by atoms with van der Waals surface area (Å²) in [5.74, 6) is 2.62. The summed E-state index contributed by atoms with van der Waals surface area (Å²) >= 11 is 0. The second-order valence-corrected chi connectivity index (χ2v) is 11.7. The molecule has 1 aliphatic heterocycles. The number of aliphatic hydroxyl groups excluding tert-OH is 1. The first kappa shape index (κ1) is 32.5. The van der Waals surface area contributed by atoms with Gasteiger partial charge in [0.1, 0.15) is 5.78 Å². The number of ketones is 1. The molecule has 0 aromatic heterocycles. The molecule has 1 heterocycles. The molecule has 7 nitrogen and oxygen atoms in total. The molecule has 0 aliphatic carbocycles. The number of carbonyl (C=O) groups excluding carboxylic acids is 1. The van der Waals surface area contributed by atoms with Crippen molar-refractivity contribution < 1.29 is 28.8 Å². The lowest BCUT2D eigenvalue weighted by Gasteiger charge is -2.31. The van der Waals surface area contributed by atoms with E-state index < -0.39 is 12.1 Å². The first-order valence-corrected chi connectivity index (χ1v) is 14.5. The molecule has 1 aliphatic rings. The molecular formula is C31H53NO6. The zero-order chi connectivity index (χ0) is 28.1. The largest absolute Gasteiger partial charge is 0.493 e. The van der Waals surface area contributed by atoms with E-state index in [1.807, 2.05) is 12.1 Å². The van der Waals surface area contributed by atoms with Gasteiger partial charge in [0, 0.05) is 51.7 Å². The lowest BCUT2D eigenvalue weighted by Crippen LogP contribution is -2.41. The highest BCUT2D eigenvalue weighted by Crippen LogP contribution is 2.32. The Hall–Kier alpha value is -1.67. The average molecular weight is 536 g/mol. The third kappa shape index (κ3) is 10.8. The van der Waals surface area contributed by atoms with Crippen LogP contribution in [0.2, 0.25) is 0 Å². The molecule has 1 aromatic carbocycles. The predicted octanol–water partition coefficient (Wildman–Crippen LogP) is 5.05. The fourth-order valence-corrected chi connectivity index (χ4v) is 5.36. The molecule has 0 saturated carbocycles. The topological polar surface area (TPSA) is 100 Å². The number of methoxy groups -OCH3 is 2. The Kier molecular flexibility index (Phi) is 14.7. The summed E-state index contributed by atoms with van der Waals surface area (Å²) in [4.78, 5) is 13.1. The molecule has 218 valence electrons. The van der Waals surface area contributed by atoms with Gasteiger partial charge in [-0.3, -0.25) is 4.79 Å². The molecule has 0 spiro atoms. The number of Topliss-reactive ketones (excluding diaryl/α,β-unsaturated/α-hetero) is 1. The SMILES string of the molecule is COCCCOc1cc(C[C@@H](C[C@H](N)[C@@H](O)C[C@H](C(=O)C[C@@H]2CCCOC2)C(C)C)C(C)C)ccc1OC. The highest BCUT2D eigenvalue weighted by atomic mass is 16.5. The number of hydrogen-bond donors (Lipinski definition) is 2. The maximum Gasteiger partial charge on any atom is 0.161 e. The van der Waals surface area contributed by atoms with E-state index in [2.05, 4.69) is 33.8 Å². The minimum atomic E-state index is -0.717. The minimum absolute atomic E-state index is 0.163. The van der Waals surface area contributed by atoms with Crippen molar-refractivity contribution in [2.45, 2.75) is 84.8 Å². The molecule has 0 amide bonds. The van der Waals surface area contributed by atoms with Crippen LogP contribution in [-0.2, 0) is 20.7 Å². The molecule has 2 rings (SSSR count). The lowest BCUT2D eigenvalue weighted by atomic mass is 9.78. The Morgan fingerprint density at radius 1 is 1.11 bits per heavy atom. The van der Waals surface area contributed by atoms with Crippen molar-refractivity contribution in [1.82, 2.24) is 0 Å². The molecule has 1 fully saturated rings. The van der Waals surface area contributed by atoms with Gasteiger partial charge in [0.15, 0.2) is 11.5 Å². The summed E-state index contributed by atoms with van der Waals surface area (Å²) in [5.41, 5.74) is 7.73. The normalized spacial score (nSPS) is 19.3. The smallest absolute Gasteiger partial charge is 0.161 e. The maximum absolute atomic E-state index is 13.1. The van der Waals surface area contributed by atoms with Crippen molar-refractivity contribution in [1.29, 1.82) is 0 Å². The number of rotatable bonds is 18. The molecule has 5 atom stereocenters. The monoisotopic (exact) mass is 535 g/mol. The number of carbonyl (C=O) groups is 1. The van der Waals surface area contributed by atoms with Crippen molar-refractivity contribution >= 4 is 5.78 Å². The summed E-state index contributed by atoms with van der Waals surface area (Å²) in [7, 11) is 3.33. The van der Waals surface area contributed by atoms with Crippen LogP contribution in [-0.4, -0.2) is 63.7 Å². The van der Waals surface area contributed by atoms with Crippen LogP contribution in [0.4, 0.5) is 0 Å². The van der Waals surface area contributed by atoms with E-state index in [9.17, 15) is 9.90 Å². The van der Waals surface area contributed by atoms with Crippen molar-refractivity contribution in [3.8, 4) is 11.5 Å². The van der Waals surface area contributed by atoms with Gasteiger partial charge in [-0.1, -0.05) is 33.8 Å². The fourth-order valence-electron chi connectivity index (χ4n) is 5.36. The number of ether oxygens (including phenoxy) is 4. The van der Waals surface area contributed by atoms with E-state index in [4.69, 9.17) is 24.7 Å². The Morgan fingerprint density at radius 3 is 2.47 bits per heavy atom. The van der Waals surface area contributed by atoms with E-state index in [0.717, 1.165) is 43.6 Å². The van der Waals surface area contributed by atoms with Crippen LogP contribution in [0.1, 0.15) is 71.8 Å². The van der Waals surface area contributed by atoms with Gasteiger partial charge in [0.25, 0.3) is 0 Å². The van der Waals surface area contributed by atoms with Crippen LogP contribution in [0.5, 0.6) is 11.5 Å². The van der Waals surface area contributed by atoms with Gasteiger partial charge in [-0.05, 0) is 73.5 Å². The minimum Gasteiger partial charge on any atom is -0.493 e. The van der Waals surface area contributed by atoms with Gasteiger partial charge in [-0.15, -0.1) is 0 Å². The Bertz CT molecular complexity index is 808. The van der Waals surface area contributed by atoms with Crippen LogP contribution in [0, 0.1) is 29.6 Å². The van der Waals surface area contributed by atoms with E-state index in [0.29, 0.717) is 56.7 Å². The van der Waals surface area contributed by atoms with Crippen LogP contribution in [0.15, 0.2) is 18.2 Å². The lowest BCUT2D eigenvalue weighted by molar-refractivity contribution is -0.127. The number of hydrogen-bond acceptors (Lipinski definition) is 7. The second-order valence-electron chi connectivity index (χ2n) is 11.7. The molecule has 1 saturated heterocycles. The van der Waals surface area contributed by atoms with Crippen LogP contribution in [0.25, 0.3) is 0 Å². The van der Waals surface area contributed by atoms with E-state index in [-0.39, 0.29) is 23.5 Å². The van der Waals surface area contributed by atoms with Gasteiger partial charge >= 0.3 is 0 Å². The summed E-state index contributed by atoms with van der Waals surface area (Å²) in [5, 5.41) is 11.1. The fraction of sp³-hybridized carbons (Fsp3) is 0.774. The predicted molar refractivity (Wildman–Crippen MR) is 152 cm³/mol. The van der Waals surface area contributed by atoms with Crippen LogP contribution in [0.3, 0.4) is 0 Å². The third-order valence-corrected chi connectivity index (χ3v) is 7.95. The third-order valence-electron chi connectivity index (χ3n) is 7.95. The van der Waals surface area contributed by atoms with Crippen LogP contribution >= 0.6 is 0 Å². The van der Waals surface area contributed by atoms with E-state index >= 15 is 0 Å². The molecular weight excluding hydrogens is 482 g/mol. The summed E-state index contributed by atoms with van der Waals surface area (Å²) < 4.78 is 22.1. The number of aliphatic hydroxyl groups is 1. The molecule has 1 aromatic rings. The van der Waals surface area contributed by atoms with Crippen LogP contribution < -0.4 is 15.2 Å². The second kappa shape index (κ2) is 17.1. The quantitative estimate of drug-likeness (QED) is 0.254. The van der Waals surface area contributed by atoms with Crippen molar-refractivity contribution in [3.05, 3.63) is 23.8 Å². The van der Waals surface area contributed by atoms with Crippen molar-refractivity contribution in [3.63, 3.8) is 0 Å². The average Bonchev–Trinajstić information content (AvgIpc) is 2.89. The first-order valence-electron chi connectivity index (χ1n) is 14.5. The van der Waals surface area contributed by atoms with Gasteiger partial charge in [0.05, 0.1) is 19.8 Å². The molecule has 3 N–H and O–H groups in total. The summed E-state index contributed by atoms with van der Waals surface area (Å²) in [6, 6.07) is 5.67. The number of benzene rings is 1. The molecule has 38 heavy (non-hydrogen) atoms.